The molecule has 1 amide bonds. The van der Waals surface area contributed by atoms with E-state index in [4.69, 9.17) is 5.73 Å². The molecular formula is C20H20N4O3S. The highest BCUT2D eigenvalue weighted by molar-refractivity contribution is 7.71. The number of aromatic nitrogens is 2. The predicted molar refractivity (Wildman–Crippen MR) is 109 cm³/mol. The van der Waals surface area contributed by atoms with Crippen molar-refractivity contribution in [2.75, 3.05) is 5.32 Å². The first kappa shape index (κ1) is 18.4. The molecule has 7 nitrogen and oxygen atoms in total. The van der Waals surface area contributed by atoms with Gasteiger partial charge < -0.3 is 11.1 Å². The minimum Gasteiger partial charge on any atom is -0.380 e. The number of rotatable bonds is 6. The zero-order chi connectivity index (χ0) is 19.7. The highest BCUT2D eigenvalue weighted by Crippen LogP contribution is 2.32. The Morgan fingerprint density at radius 1 is 1.07 bits per heavy atom. The fourth-order valence-corrected chi connectivity index (χ4v) is 3.82. The third kappa shape index (κ3) is 3.68. The van der Waals surface area contributed by atoms with Gasteiger partial charge in [-0.1, -0.05) is 30.3 Å². The third-order valence-electron chi connectivity index (χ3n) is 5.05. The molecule has 1 fully saturated rings. The molecule has 0 radical (unpaired) electrons. The van der Waals surface area contributed by atoms with E-state index in [9.17, 15) is 13.2 Å². The number of nitrogens with zero attached hydrogens (tertiary/aromatic N) is 2. The number of benzene rings is 2. The molecule has 0 bridgehead atoms. The number of primary amides is 1. The number of hydrogen-bond acceptors (Lipinski definition) is 6. The first-order valence-corrected chi connectivity index (χ1v) is 10.5. The summed E-state index contributed by atoms with van der Waals surface area (Å²) < 4.78 is 21.7. The first-order valence-electron chi connectivity index (χ1n) is 9.09. The van der Waals surface area contributed by atoms with Crippen molar-refractivity contribution >= 4 is 33.2 Å². The SMILES string of the molecule is NC(=O)c1nnc2cc(-c3ccc(C[SH](=O)=O)cc3)ccc2c1NC1CCC1. The number of fused-ring (bicyclic) bond motifs is 1. The minimum atomic E-state index is -2.44. The Hall–Kier alpha value is -3.00. The van der Waals surface area contributed by atoms with Gasteiger partial charge in [-0.3, -0.25) is 4.79 Å². The van der Waals surface area contributed by atoms with Gasteiger partial charge in [-0.2, -0.15) is 0 Å². The molecule has 4 rings (SSSR count). The number of amides is 1. The van der Waals surface area contributed by atoms with Crippen LogP contribution in [-0.2, 0) is 16.5 Å². The van der Waals surface area contributed by atoms with Gasteiger partial charge >= 0.3 is 0 Å². The fraction of sp³-hybridized carbons (Fsp3) is 0.250. The maximum atomic E-state index is 11.8. The van der Waals surface area contributed by atoms with Crippen LogP contribution >= 0.6 is 0 Å². The Kier molecular flexibility index (Phi) is 4.95. The second-order valence-electron chi connectivity index (χ2n) is 6.98. The lowest BCUT2D eigenvalue weighted by atomic mass is 9.92. The second-order valence-corrected chi connectivity index (χ2v) is 7.96. The number of carbonyl (C=O) groups is 1. The lowest BCUT2D eigenvalue weighted by molar-refractivity contribution is 0.0995. The molecule has 8 heteroatoms. The molecule has 3 aromatic rings. The van der Waals surface area contributed by atoms with E-state index in [-0.39, 0.29) is 11.4 Å². The minimum absolute atomic E-state index is 0.0326. The summed E-state index contributed by atoms with van der Waals surface area (Å²) in [5, 5.41) is 12.4. The van der Waals surface area contributed by atoms with Gasteiger partial charge in [0.05, 0.1) is 17.0 Å². The van der Waals surface area contributed by atoms with Crippen molar-refractivity contribution in [3.05, 3.63) is 53.7 Å². The predicted octanol–water partition coefficient (Wildman–Crippen LogP) is 2.47. The zero-order valence-electron chi connectivity index (χ0n) is 15.1. The Morgan fingerprint density at radius 2 is 1.79 bits per heavy atom. The van der Waals surface area contributed by atoms with E-state index < -0.39 is 16.6 Å². The second kappa shape index (κ2) is 7.55. The lowest BCUT2D eigenvalue weighted by Crippen LogP contribution is -2.29. The van der Waals surface area contributed by atoms with E-state index in [0.717, 1.165) is 34.9 Å². The van der Waals surface area contributed by atoms with Crippen molar-refractivity contribution in [1.29, 1.82) is 0 Å². The molecule has 1 aromatic heterocycles. The fourth-order valence-electron chi connectivity index (χ4n) is 3.31. The summed E-state index contributed by atoms with van der Waals surface area (Å²) in [6.07, 6.45) is 3.28. The number of hydrogen-bond donors (Lipinski definition) is 3. The molecular weight excluding hydrogens is 376 g/mol. The van der Waals surface area contributed by atoms with Crippen LogP contribution < -0.4 is 11.1 Å². The molecule has 0 aliphatic heterocycles. The van der Waals surface area contributed by atoms with Crippen LogP contribution in [0, 0.1) is 0 Å². The molecule has 3 N–H and O–H groups in total. The van der Waals surface area contributed by atoms with Crippen molar-refractivity contribution in [2.24, 2.45) is 5.73 Å². The van der Waals surface area contributed by atoms with Gasteiger partial charge in [0.2, 0.25) is 0 Å². The molecule has 1 heterocycles. The van der Waals surface area contributed by atoms with Crippen LogP contribution in [0.5, 0.6) is 0 Å². The average Bonchev–Trinajstić information content (AvgIpc) is 2.64. The summed E-state index contributed by atoms with van der Waals surface area (Å²) in [6, 6.07) is 13.5. The van der Waals surface area contributed by atoms with Gasteiger partial charge in [-0.05, 0) is 48.1 Å². The number of carbonyl (C=O) groups excluding carboxylic acids is 1. The van der Waals surface area contributed by atoms with Gasteiger partial charge in [-0.15, -0.1) is 10.2 Å². The average molecular weight is 396 g/mol. The number of thiol groups is 1. The summed E-state index contributed by atoms with van der Waals surface area (Å²) in [5.74, 6) is -0.571. The molecule has 0 atom stereocenters. The number of nitrogens with two attached hydrogens (primary N) is 1. The Bertz CT molecular complexity index is 1110. The van der Waals surface area contributed by atoms with Gasteiger partial charge in [0.25, 0.3) is 5.91 Å². The van der Waals surface area contributed by atoms with Gasteiger partial charge in [0.15, 0.2) is 5.69 Å². The van der Waals surface area contributed by atoms with E-state index in [1.807, 2.05) is 30.3 Å². The molecule has 2 aromatic carbocycles. The molecule has 1 aliphatic carbocycles. The Morgan fingerprint density at radius 3 is 2.39 bits per heavy atom. The topological polar surface area (TPSA) is 115 Å². The zero-order valence-corrected chi connectivity index (χ0v) is 16.0. The van der Waals surface area contributed by atoms with Crippen LogP contribution in [0.2, 0.25) is 0 Å². The molecule has 28 heavy (non-hydrogen) atoms. The van der Waals surface area contributed by atoms with Crippen LogP contribution in [0.3, 0.4) is 0 Å². The van der Waals surface area contributed by atoms with E-state index in [2.05, 4.69) is 15.5 Å². The van der Waals surface area contributed by atoms with Gasteiger partial charge in [0, 0.05) is 11.4 Å². The maximum absolute atomic E-state index is 11.8. The van der Waals surface area contributed by atoms with Crippen molar-refractivity contribution in [1.82, 2.24) is 10.2 Å². The monoisotopic (exact) mass is 396 g/mol. The van der Waals surface area contributed by atoms with Gasteiger partial charge in [-0.25, -0.2) is 8.42 Å². The maximum Gasteiger partial charge on any atom is 0.271 e. The molecule has 0 saturated heterocycles. The summed E-state index contributed by atoms with van der Waals surface area (Å²) in [6.45, 7) is 0. The third-order valence-corrected chi connectivity index (χ3v) is 5.67. The Labute approximate surface area is 163 Å². The van der Waals surface area contributed by atoms with E-state index in [1.54, 1.807) is 12.1 Å². The molecule has 1 aliphatic rings. The van der Waals surface area contributed by atoms with Crippen molar-refractivity contribution in [3.8, 4) is 11.1 Å². The lowest BCUT2D eigenvalue weighted by Gasteiger charge is -2.28. The van der Waals surface area contributed by atoms with Crippen LogP contribution in [0.1, 0.15) is 35.3 Å². The van der Waals surface area contributed by atoms with Gasteiger partial charge in [0.1, 0.15) is 10.7 Å². The number of nitrogens with one attached hydrogen (secondary N) is 1. The van der Waals surface area contributed by atoms with E-state index in [1.165, 1.54) is 6.42 Å². The highest BCUT2D eigenvalue weighted by Gasteiger charge is 2.22. The van der Waals surface area contributed by atoms with Crippen LogP contribution in [0.15, 0.2) is 42.5 Å². The quantitative estimate of drug-likeness (QED) is 0.552. The van der Waals surface area contributed by atoms with Crippen LogP contribution in [0.25, 0.3) is 22.0 Å². The summed E-state index contributed by atoms with van der Waals surface area (Å²) in [5.41, 5.74) is 9.57. The number of anilines is 1. The highest BCUT2D eigenvalue weighted by atomic mass is 32.2. The first-order chi connectivity index (χ1) is 13.5. The normalized spacial score (nSPS) is 14.2. The smallest absolute Gasteiger partial charge is 0.271 e. The summed E-state index contributed by atoms with van der Waals surface area (Å²) in [4.78, 5) is 11.8. The summed E-state index contributed by atoms with van der Waals surface area (Å²) >= 11 is 0. The molecule has 144 valence electrons. The van der Waals surface area contributed by atoms with Crippen LogP contribution in [-0.4, -0.2) is 30.6 Å². The molecule has 0 unspecified atom stereocenters. The van der Waals surface area contributed by atoms with Crippen molar-refractivity contribution in [2.45, 2.75) is 31.1 Å². The van der Waals surface area contributed by atoms with Crippen LogP contribution in [0.4, 0.5) is 5.69 Å². The standard InChI is InChI=1S/C20H20N4O3S/c21-20(25)19-18(22-15-2-1-3-15)16-9-8-14(10-17(16)23-24-19)13-6-4-12(5-7-13)11-28(26)27/h4-10,15,28H,1-3,11H2,(H2,21,25)(H,22,23). The van der Waals surface area contributed by atoms with Crippen molar-refractivity contribution < 1.29 is 13.2 Å². The van der Waals surface area contributed by atoms with E-state index >= 15 is 0 Å². The molecule has 1 saturated carbocycles. The summed E-state index contributed by atoms with van der Waals surface area (Å²) in [7, 11) is -2.44. The van der Waals surface area contributed by atoms with Crippen molar-refractivity contribution in [3.63, 3.8) is 0 Å². The largest absolute Gasteiger partial charge is 0.380 e. The Balaban J connectivity index is 1.72. The van der Waals surface area contributed by atoms with E-state index in [0.29, 0.717) is 17.2 Å². The molecule has 0 spiro atoms.